The number of hydrogen-bond acceptors (Lipinski definition) is 3. The lowest BCUT2D eigenvalue weighted by atomic mass is 10.0. The molecule has 0 aliphatic carbocycles. The Morgan fingerprint density at radius 3 is 2.74 bits per heavy atom. The normalized spacial score (nSPS) is 12.3. The molecule has 5 heteroatoms. The zero-order valence-electron chi connectivity index (χ0n) is 14.4. The third kappa shape index (κ3) is 4.12. The van der Waals surface area contributed by atoms with Gasteiger partial charge in [-0.3, -0.25) is 9.89 Å². The average Bonchev–Trinajstić information content (AvgIpc) is 2.89. The Labute approximate surface area is 137 Å². The number of methoxy groups -OCH3 is 1. The maximum Gasteiger partial charge on any atom is 0.255 e. The number of aromatic amines is 1. The number of rotatable bonds is 6. The Bertz CT molecular complexity index is 677. The lowest BCUT2D eigenvalue weighted by Crippen LogP contribution is -2.34. The molecule has 0 bridgehead atoms. The predicted octanol–water partition coefficient (Wildman–Crippen LogP) is 3.21. The molecular formula is C18H25N3O2. The van der Waals surface area contributed by atoms with Crippen LogP contribution in [0.1, 0.15) is 54.0 Å². The van der Waals surface area contributed by atoms with Gasteiger partial charge >= 0.3 is 0 Å². The third-order valence-corrected chi connectivity index (χ3v) is 3.80. The van der Waals surface area contributed by atoms with Crippen LogP contribution in [0.2, 0.25) is 0 Å². The second-order valence-electron chi connectivity index (χ2n) is 6.19. The summed E-state index contributed by atoms with van der Waals surface area (Å²) >= 11 is 0. The maximum atomic E-state index is 12.6. The van der Waals surface area contributed by atoms with Crippen molar-refractivity contribution in [2.24, 2.45) is 0 Å². The van der Waals surface area contributed by atoms with Crippen molar-refractivity contribution in [1.82, 2.24) is 15.5 Å². The molecule has 5 nitrogen and oxygen atoms in total. The molecule has 2 N–H and O–H groups in total. The fraction of sp³-hybridized carbons (Fsp3) is 0.444. The zero-order chi connectivity index (χ0) is 17.0. The molecule has 1 aromatic carbocycles. The molecule has 0 saturated carbocycles. The summed E-state index contributed by atoms with van der Waals surface area (Å²) in [5.74, 6) is 0.957. The van der Waals surface area contributed by atoms with Gasteiger partial charge in [0.15, 0.2) is 0 Å². The Morgan fingerprint density at radius 2 is 2.09 bits per heavy atom. The molecule has 0 spiro atoms. The van der Waals surface area contributed by atoms with Crippen LogP contribution in [0.25, 0.3) is 0 Å². The van der Waals surface area contributed by atoms with Crippen LogP contribution in [-0.4, -0.2) is 29.3 Å². The van der Waals surface area contributed by atoms with Crippen LogP contribution in [0.4, 0.5) is 0 Å². The van der Waals surface area contributed by atoms with Crippen molar-refractivity contribution in [1.29, 1.82) is 0 Å². The van der Waals surface area contributed by atoms with E-state index >= 15 is 0 Å². The minimum absolute atomic E-state index is 0.0175. The number of aromatic nitrogens is 2. The van der Waals surface area contributed by atoms with Crippen molar-refractivity contribution in [3.05, 3.63) is 46.8 Å². The van der Waals surface area contributed by atoms with Gasteiger partial charge in [0.25, 0.3) is 5.91 Å². The highest BCUT2D eigenvalue weighted by molar-refractivity contribution is 5.96. The predicted molar refractivity (Wildman–Crippen MR) is 91.0 cm³/mol. The molecule has 23 heavy (non-hydrogen) atoms. The molecule has 0 aliphatic heterocycles. The van der Waals surface area contributed by atoms with Gasteiger partial charge in [-0.1, -0.05) is 26.0 Å². The molecule has 0 radical (unpaired) electrons. The summed E-state index contributed by atoms with van der Waals surface area (Å²) in [4.78, 5) is 12.6. The van der Waals surface area contributed by atoms with Gasteiger partial charge in [0.05, 0.1) is 18.4 Å². The largest absolute Gasteiger partial charge is 0.497 e. The summed E-state index contributed by atoms with van der Waals surface area (Å²) in [5.41, 5.74) is 3.41. The number of carbonyl (C=O) groups excluding carboxylic acids is 1. The Balaban J connectivity index is 2.06. The molecule has 2 aromatic rings. The number of nitrogens with one attached hydrogen (secondary N) is 2. The van der Waals surface area contributed by atoms with Crippen molar-refractivity contribution in [3.63, 3.8) is 0 Å². The smallest absolute Gasteiger partial charge is 0.255 e. The molecule has 1 atom stereocenters. The summed E-state index contributed by atoms with van der Waals surface area (Å²) in [5, 5.41) is 10.2. The first-order valence-corrected chi connectivity index (χ1v) is 7.91. The summed E-state index contributed by atoms with van der Waals surface area (Å²) in [7, 11) is 1.65. The highest BCUT2D eigenvalue weighted by Crippen LogP contribution is 2.20. The highest BCUT2D eigenvalue weighted by atomic mass is 16.5. The Hall–Kier alpha value is -2.30. The number of benzene rings is 1. The summed E-state index contributed by atoms with van der Waals surface area (Å²) in [6, 6.07) is 7.92. The van der Waals surface area contributed by atoms with Crippen LogP contribution in [0.5, 0.6) is 5.75 Å². The lowest BCUT2D eigenvalue weighted by Gasteiger charge is -2.15. The highest BCUT2D eigenvalue weighted by Gasteiger charge is 2.21. The number of carbonyl (C=O) groups is 1. The van der Waals surface area contributed by atoms with Crippen LogP contribution >= 0.6 is 0 Å². The van der Waals surface area contributed by atoms with E-state index in [0.717, 1.165) is 29.1 Å². The minimum atomic E-state index is -0.0738. The number of ether oxygens (including phenoxy) is 1. The number of nitrogens with zero attached hydrogens (tertiary/aromatic N) is 1. The fourth-order valence-corrected chi connectivity index (χ4v) is 2.65. The van der Waals surface area contributed by atoms with E-state index in [-0.39, 0.29) is 17.9 Å². The molecule has 1 aromatic heterocycles. The van der Waals surface area contributed by atoms with Gasteiger partial charge in [0.1, 0.15) is 5.75 Å². The van der Waals surface area contributed by atoms with E-state index < -0.39 is 0 Å². The molecule has 0 unspecified atom stereocenters. The Kier molecular flexibility index (Phi) is 5.42. The van der Waals surface area contributed by atoms with Crippen LogP contribution < -0.4 is 10.1 Å². The minimum Gasteiger partial charge on any atom is -0.497 e. The van der Waals surface area contributed by atoms with E-state index in [1.165, 1.54) is 0 Å². The van der Waals surface area contributed by atoms with Crippen molar-refractivity contribution >= 4 is 5.91 Å². The number of amides is 1. The van der Waals surface area contributed by atoms with Crippen LogP contribution in [-0.2, 0) is 6.42 Å². The molecule has 2 rings (SSSR count). The molecule has 1 amide bonds. The van der Waals surface area contributed by atoms with Gasteiger partial charge in [0.2, 0.25) is 0 Å². The number of hydrogen-bond donors (Lipinski definition) is 2. The summed E-state index contributed by atoms with van der Waals surface area (Å²) < 4.78 is 5.23. The second kappa shape index (κ2) is 7.31. The van der Waals surface area contributed by atoms with Crippen molar-refractivity contribution < 1.29 is 9.53 Å². The summed E-state index contributed by atoms with van der Waals surface area (Å²) in [6.45, 7) is 7.94. The van der Waals surface area contributed by atoms with E-state index in [2.05, 4.69) is 15.5 Å². The van der Waals surface area contributed by atoms with E-state index in [1.807, 2.05) is 52.0 Å². The standard InChI is InChI=1S/C18H25N3O2/c1-11(2)17-16(13(4)20-21-17)18(22)19-12(3)9-14-7-6-8-15(10-14)23-5/h6-8,10-12H,9H2,1-5H3,(H,19,22)(H,20,21)/t12-/m0/s1. The van der Waals surface area contributed by atoms with Gasteiger partial charge in [0, 0.05) is 11.7 Å². The van der Waals surface area contributed by atoms with E-state index in [9.17, 15) is 4.79 Å². The van der Waals surface area contributed by atoms with Crippen molar-refractivity contribution in [2.45, 2.75) is 46.1 Å². The monoisotopic (exact) mass is 315 g/mol. The molecule has 124 valence electrons. The zero-order valence-corrected chi connectivity index (χ0v) is 14.4. The lowest BCUT2D eigenvalue weighted by molar-refractivity contribution is 0.0938. The van der Waals surface area contributed by atoms with Crippen LogP contribution in [0.3, 0.4) is 0 Å². The van der Waals surface area contributed by atoms with Gasteiger partial charge in [-0.25, -0.2) is 0 Å². The SMILES string of the molecule is COc1cccc(C[C@H](C)NC(=O)c2c(C(C)C)n[nH]c2C)c1. The van der Waals surface area contributed by atoms with E-state index in [1.54, 1.807) is 7.11 Å². The van der Waals surface area contributed by atoms with Crippen LogP contribution in [0.15, 0.2) is 24.3 Å². The maximum absolute atomic E-state index is 12.6. The van der Waals surface area contributed by atoms with Crippen LogP contribution in [0, 0.1) is 6.92 Å². The number of aryl methyl sites for hydroxylation is 1. The molecular weight excluding hydrogens is 290 g/mol. The molecule has 1 heterocycles. The fourth-order valence-electron chi connectivity index (χ4n) is 2.65. The number of H-pyrrole nitrogens is 1. The van der Waals surface area contributed by atoms with E-state index in [0.29, 0.717) is 5.56 Å². The molecule has 0 fully saturated rings. The van der Waals surface area contributed by atoms with Crippen molar-refractivity contribution in [2.75, 3.05) is 7.11 Å². The second-order valence-corrected chi connectivity index (χ2v) is 6.19. The third-order valence-electron chi connectivity index (χ3n) is 3.80. The first kappa shape index (κ1) is 17.1. The first-order chi connectivity index (χ1) is 10.9. The van der Waals surface area contributed by atoms with Gasteiger partial charge in [-0.05, 0) is 43.9 Å². The van der Waals surface area contributed by atoms with Gasteiger partial charge in [-0.2, -0.15) is 5.10 Å². The van der Waals surface area contributed by atoms with Gasteiger partial charge in [-0.15, -0.1) is 0 Å². The topological polar surface area (TPSA) is 67.0 Å². The Morgan fingerprint density at radius 1 is 1.35 bits per heavy atom. The molecule has 0 aliphatic rings. The van der Waals surface area contributed by atoms with Crippen molar-refractivity contribution in [3.8, 4) is 5.75 Å². The average molecular weight is 315 g/mol. The van der Waals surface area contributed by atoms with E-state index in [4.69, 9.17) is 4.74 Å². The summed E-state index contributed by atoms with van der Waals surface area (Å²) in [6.07, 6.45) is 0.747. The first-order valence-electron chi connectivity index (χ1n) is 7.91. The molecule has 0 saturated heterocycles. The van der Waals surface area contributed by atoms with Gasteiger partial charge < -0.3 is 10.1 Å². The quantitative estimate of drug-likeness (QED) is 0.860.